The minimum Gasteiger partial charge on any atom is -0.394 e. The zero-order chi connectivity index (χ0) is 40.9. The molecule has 57 heavy (non-hydrogen) atoms. The van der Waals surface area contributed by atoms with Gasteiger partial charge in [0.15, 0.2) is 5.96 Å². The summed E-state index contributed by atoms with van der Waals surface area (Å²) in [7, 11) is 0. The lowest BCUT2D eigenvalue weighted by molar-refractivity contribution is -0.134. The van der Waals surface area contributed by atoms with Crippen molar-refractivity contribution < 1.29 is 39.0 Å². The van der Waals surface area contributed by atoms with E-state index in [-0.39, 0.29) is 12.4 Å². The maximum Gasteiger partial charge on any atom is 0.319 e. The molecule has 5 atom stereocenters. The van der Waals surface area contributed by atoms with Gasteiger partial charge in [0, 0.05) is 35.1 Å². The maximum atomic E-state index is 14.0. The smallest absolute Gasteiger partial charge is 0.319 e. The van der Waals surface area contributed by atoms with E-state index in [0.29, 0.717) is 23.8 Å². The third kappa shape index (κ3) is 12.1. The molecule has 2 aromatic rings. The van der Waals surface area contributed by atoms with E-state index in [1.54, 1.807) is 24.3 Å². The molecule has 1 saturated heterocycles. The largest absolute Gasteiger partial charge is 0.394 e. The van der Waals surface area contributed by atoms with E-state index in [0.717, 1.165) is 17.3 Å². The average Bonchev–Trinajstić information content (AvgIpc) is 3.21. The molecule has 19 nitrogen and oxygen atoms in total. The second kappa shape index (κ2) is 20.4. The number of aliphatic imine (C=N–C) groups is 1. The van der Waals surface area contributed by atoms with Crippen molar-refractivity contribution in [1.29, 1.82) is 0 Å². The molecule has 2 aromatic carbocycles. The number of aliphatic hydroxyl groups excluding tert-OH is 2. The first-order valence-corrected chi connectivity index (χ1v) is 19.4. The fourth-order valence-corrected chi connectivity index (χ4v) is 6.83. The standard InChI is InChI=1S/C37H48BrN11O8/c38-22-8-12-24(13-9-22)43-37(57)48-27-17-42-35(56)30(25-14-15-40-36(39)47-25)49-32(53)26(16-41-23-10-6-21(7-11-23)20-4-2-1-3-5-20)44-33(54)28(18-50)46-34(55)29(19-51)45-31(27)52/h6-13,16,20,25,27-30,41,50-51H,1-5,14-15,17-19H2,(H,42,56)(H,44,54)(H,45,52)(H,46,55)(H,49,53)(H3,39,40,47)(H2,43,48,57)/b26-16+/t25-,27?,28+,29+,30+/m1/s1. The Hall–Kier alpha value is -5.73. The Labute approximate surface area is 337 Å². The first kappa shape index (κ1) is 42.4. The molecular weight excluding hydrogens is 806 g/mol. The summed E-state index contributed by atoms with van der Waals surface area (Å²) in [6.07, 6.45) is 7.23. The number of guanidine groups is 1. The lowest BCUT2D eigenvalue weighted by Crippen LogP contribution is -2.62. The summed E-state index contributed by atoms with van der Waals surface area (Å²) in [5, 5.41) is 43.2. The molecule has 0 radical (unpaired) electrons. The quantitative estimate of drug-likeness (QED) is 0.148. The van der Waals surface area contributed by atoms with Crippen LogP contribution in [0, 0.1) is 0 Å². The van der Waals surface area contributed by atoms with Crippen LogP contribution < -0.4 is 53.6 Å². The van der Waals surface area contributed by atoms with Gasteiger partial charge in [-0.1, -0.05) is 47.3 Å². The molecule has 13 N–H and O–H groups in total. The van der Waals surface area contributed by atoms with Crippen molar-refractivity contribution in [2.75, 3.05) is 36.9 Å². The van der Waals surface area contributed by atoms with Gasteiger partial charge in [-0.2, -0.15) is 0 Å². The SMILES string of the molecule is NC1=N[C@@H]([C@@H]2NC(=O)/C(=C\Nc3ccc(C4CCCCC4)cc3)NC(=O)[C@H](CO)NC(=O)[C@H](CO)NC(=O)C(NC(=O)Nc3ccc(Br)cc3)CNC2=O)CCN1. The predicted octanol–water partition coefficient (Wildman–Crippen LogP) is -0.698. The van der Waals surface area contributed by atoms with Crippen molar-refractivity contribution in [3.05, 3.63) is 70.5 Å². The number of hydrogen-bond acceptors (Lipinski definition) is 12. The van der Waals surface area contributed by atoms with Crippen LogP contribution in [-0.4, -0.2) is 108 Å². The van der Waals surface area contributed by atoms with Gasteiger partial charge in [-0.3, -0.25) is 24.0 Å². The minimum absolute atomic E-state index is 0.0166. The first-order chi connectivity index (χ1) is 27.4. The Bertz CT molecular complexity index is 1840. The molecule has 2 fully saturated rings. The van der Waals surface area contributed by atoms with E-state index in [1.807, 2.05) is 24.3 Å². The molecular formula is C37H48BrN11O8. The Morgan fingerprint density at radius 1 is 0.807 bits per heavy atom. The zero-order valence-corrected chi connectivity index (χ0v) is 32.6. The number of anilines is 2. The van der Waals surface area contributed by atoms with E-state index in [2.05, 4.69) is 68.8 Å². The highest BCUT2D eigenvalue weighted by molar-refractivity contribution is 9.10. The maximum absolute atomic E-state index is 14.0. The summed E-state index contributed by atoms with van der Waals surface area (Å²) in [4.78, 5) is 85.5. The van der Waals surface area contributed by atoms with Crippen molar-refractivity contribution in [2.24, 2.45) is 10.7 Å². The third-order valence-corrected chi connectivity index (χ3v) is 10.2. The van der Waals surface area contributed by atoms with Gasteiger partial charge in [0.05, 0.1) is 19.3 Å². The fourth-order valence-electron chi connectivity index (χ4n) is 6.57. The van der Waals surface area contributed by atoms with Crippen LogP contribution in [-0.2, 0) is 24.0 Å². The molecule has 7 amide bonds. The van der Waals surface area contributed by atoms with Gasteiger partial charge in [0.1, 0.15) is 29.9 Å². The number of nitrogens with zero attached hydrogens (tertiary/aromatic N) is 1. The van der Waals surface area contributed by atoms with Crippen molar-refractivity contribution in [1.82, 2.24) is 37.2 Å². The fraction of sp³-hybridized carbons (Fsp3) is 0.432. The highest BCUT2D eigenvalue weighted by Crippen LogP contribution is 2.33. The molecule has 0 aromatic heterocycles. The van der Waals surface area contributed by atoms with Crippen molar-refractivity contribution in [3.8, 4) is 0 Å². The second-order valence-electron chi connectivity index (χ2n) is 13.8. The van der Waals surface area contributed by atoms with Gasteiger partial charge >= 0.3 is 6.03 Å². The summed E-state index contributed by atoms with van der Waals surface area (Å²) in [6, 6.07) is 6.14. The number of aliphatic hydroxyl groups is 2. The van der Waals surface area contributed by atoms with E-state index >= 15 is 0 Å². The molecule has 3 aliphatic rings. The summed E-state index contributed by atoms with van der Waals surface area (Å²) >= 11 is 3.31. The van der Waals surface area contributed by atoms with Crippen LogP contribution in [0.3, 0.4) is 0 Å². The molecule has 0 spiro atoms. The van der Waals surface area contributed by atoms with Crippen LogP contribution in [0.5, 0.6) is 0 Å². The monoisotopic (exact) mass is 853 g/mol. The van der Waals surface area contributed by atoms with Crippen LogP contribution in [0.2, 0.25) is 0 Å². The number of nitrogens with one attached hydrogen (secondary N) is 9. The van der Waals surface area contributed by atoms with Crippen LogP contribution in [0.4, 0.5) is 16.2 Å². The van der Waals surface area contributed by atoms with E-state index in [1.165, 1.54) is 31.0 Å². The number of carbonyl (C=O) groups excluding carboxylic acids is 6. The number of benzene rings is 2. The molecule has 5 rings (SSSR count). The Kier molecular flexibility index (Phi) is 15.2. The second-order valence-corrected chi connectivity index (χ2v) is 14.7. The van der Waals surface area contributed by atoms with Gasteiger partial charge in [0.2, 0.25) is 23.6 Å². The molecule has 2 heterocycles. The van der Waals surface area contributed by atoms with E-state index in [9.17, 15) is 39.0 Å². The Morgan fingerprint density at radius 2 is 1.46 bits per heavy atom. The number of nitrogens with two attached hydrogens (primary N) is 1. The minimum atomic E-state index is -1.67. The summed E-state index contributed by atoms with van der Waals surface area (Å²) in [5.74, 6) is -4.40. The highest BCUT2D eigenvalue weighted by atomic mass is 79.9. The Balaban J connectivity index is 1.44. The van der Waals surface area contributed by atoms with E-state index in [4.69, 9.17) is 5.73 Å². The summed E-state index contributed by atoms with van der Waals surface area (Å²) in [6.45, 7) is -2.13. The molecule has 1 aliphatic carbocycles. The van der Waals surface area contributed by atoms with Gasteiger partial charge in [-0.15, -0.1) is 0 Å². The van der Waals surface area contributed by atoms with Gasteiger partial charge in [-0.25, -0.2) is 9.79 Å². The molecule has 1 unspecified atom stereocenters. The number of hydrogen-bond donors (Lipinski definition) is 12. The lowest BCUT2D eigenvalue weighted by atomic mass is 9.84. The predicted molar refractivity (Wildman–Crippen MR) is 213 cm³/mol. The van der Waals surface area contributed by atoms with Crippen molar-refractivity contribution in [2.45, 2.75) is 74.7 Å². The molecule has 0 bridgehead atoms. The van der Waals surface area contributed by atoms with Crippen molar-refractivity contribution >= 4 is 68.8 Å². The van der Waals surface area contributed by atoms with Gasteiger partial charge in [0.25, 0.3) is 5.91 Å². The number of urea groups is 1. The lowest BCUT2D eigenvalue weighted by Gasteiger charge is -2.29. The number of amides is 7. The molecule has 2 aliphatic heterocycles. The topological polar surface area (TPSA) is 290 Å². The van der Waals surface area contributed by atoms with Crippen LogP contribution in [0.15, 0.2) is 69.9 Å². The molecule has 20 heteroatoms. The number of halogens is 1. The van der Waals surface area contributed by atoms with Gasteiger partial charge < -0.3 is 63.8 Å². The van der Waals surface area contributed by atoms with E-state index < -0.39 is 91.2 Å². The number of rotatable bonds is 8. The van der Waals surface area contributed by atoms with Gasteiger partial charge in [-0.05, 0) is 67.1 Å². The average molecular weight is 855 g/mol. The van der Waals surface area contributed by atoms with Crippen molar-refractivity contribution in [3.63, 3.8) is 0 Å². The molecule has 1 saturated carbocycles. The summed E-state index contributed by atoms with van der Waals surface area (Å²) in [5.41, 5.74) is 7.68. The summed E-state index contributed by atoms with van der Waals surface area (Å²) < 4.78 is 0.752. The zero-order valence-electron chi connectivity index (χ0n) is 31.0. The molecule has 306 valence electrons. The normalized spacial score (nSPS) is 25.0. The Morgan fingerprint density at radius 3 is 2.12 bits per heavy atom. The third-order valence-electron chi connectivity index (χ3n) is 9.71. The first-order valence-electron chi connectivity index (χ1n) is 18.6. The highest BCUT2D eigenvalue weighted by Gasteiger charge is 2.35. The van der Waals surface area contributed by atoms with Crippen LogP contribution >= 0.6 is 15.9 Å². The van der Waals surface area contributed by atoms with Crippen LogP contribution in [0.1, 0.15) is 50.0 Å². The number of carbonyl (C=O) groups is 6. The van der Waals surface area contributed by atoms with Crippen LogP contribution in [0.25, 0.3) is 0 Å².